The average molecular weight is 535 g/mol. The number of benzene rings is 1. The molecule has 3 atom stereocenters. The van der Waals surface area contributed by atoms with E-state index < -0.39 is 33.4 Å². The van der Waals surface area contributed by atoms with Crippen LogP contribution in [0.3, 0.4) is 0 Å². The van der Waals surface area contributed by atoms with Gasteiger partial charge in [-0.1, -0.05) is 0 Å². The summed E-state index contributed by atoms with van der Waals surface area (Å²) >= 11 is 0. The Morgan fingerprint density at radius 1 is 1.30 bits per heavy atom. The average Bonchev–Trinajstić information content (AvgIpc) is 3.43. The summed E-state index contributed by atoms with van der Waals surface area (Å²) in [4.78, 5) is 27.8. The molecule has 0 bridgehead atoms. The molecule has 0 saturated carbocycles. The van der Waals surface area contributed by atoms with Crippen LogP contribution in [0.15, 0.2) is 29.3 Å². The second-order valence-corrected chi connectivity index (χ2v) is 11.9. The number of fused-ring (bicyclic) bond motifs is 2. The van der Waals surface area contributed by atoms with E-state index in [-0.39, 0.29) is 41.3 Å². The summed E-state index contributed by atoms with van der Waals surface area (Å²) < 4.78 is 56.3. The van der Waals surface area contributed by atoms with Gasteiger partial charge in [0, 0.05) is 50.6 Å². The number of aromatic nitrogens is 1. The first-order chi connectivity index (χ1) is 17.5. The number of hydrogen-bond donors (Lipinski definition) is 2. The zero-order chi connectivity index (χ0) is 26.5. The molecule has 4 heterocycles. The number of nitrogens with zero attached hydrogens (tertiary/aromatic N) is 2. The van der Waals surface area contributed by atoms with Gasteiger partial charge in [0.15, 0.2) is 11.4 Å². The van der Waals surface area contributed by atoms with E-state index in [0.29, 0.717) is 37.2 Å². The summed E-state index contributed by atoms with van der Waals surface area (Å²) in [5.41, 5.74) is -0.0864. The maximum atomic E-state index is 13.6. The van der Waals surface area contributed by atoms with E-state index in [2.05, 4.69) is 10.0 Å². The second kappa shape index (κ2) is 9.41. The number of hydrogen-bond acceptors (Lipinski definition) is 6. The zero-order valence-corrected chi connectivity index (χ0v) is 21.9. The van der Waals surface area contributed by atoms with E-state index >= 15 is 0 Å². The standard InChI is InChI=1S/C25H31FN4O6S/c1-15-11-17(5-6-18(15)26)27-23(31)21-22-20(13-29(21)3)37(33,34)28-19-12-30(9-7-16(19)14-35-22)24(32)25(2)8-4-10-36-25/h5-6,11,13,16,19,28H,4,7-10,12,14H2,1-3H3,(H,27,31). The molecule has 1 aromatic heterocycles. The van der Waals surface area contributed by atoms with Crippen LogP contribution in [0.25, 0.3) is 0 Å². The number of rotatable bonds is 3. The first-order valence-electron chi connectivity index (χ1n) is 12.3. The number of aryl methyl sites for hydroxylation is 2. The number of anilines is 1. The first kappa shape index (κ1) is 25.7. The van der Waals surface area contributed by atoms with Gasteiger partial charge < -0.3 is 24.3 Å². The molecule has 5 rings (SSSR count). The number of sulfonamides is 1. The number of carbonyl (C=O) groups is 2. The highest BCUT2D eigenvalue weighted by molar-refractivity contribution is 7.89. The number of nitrogens with one attached hydrogen (secondary N) is 2. The van der Waals surface area contributed by atoms with Gasteiger partial charge in [-0.15, -0.1) is 0 Å². The SMILES string of the molecule is Cc1cc(NC(=O)c2c3c(cn2C)S(=O)(=O)NC2CN(C(=O)C4(C)CCCO4)CCC2CO3)ccc1F. The minimum atomic E-state index is -4.07. The van der Waals surface area contributed by atoms with E-state index in [4.69, 9.17) is 9.47 Å². The monoisotopic (exact) mass is 534 g/mol. The Bertz CT molecular complexity index is 1350. The van der Waals surface area contributed by atoms with Gasteiger partial charge in [0.25, 0.3) is 11.8 Å². The molecule has 37 heavy (non-hydrogen) atoms. The van der Waals surface area contributed by atoms with Crippen LogP contribution in [0.2, 0.25) is 0 Å². The van der Waals surface area contributed by atoms with Gasteiger partial charge in [0.05, 0.1) is 6.61 Å². The van der Waals surface area contributed by atoms with Crippen LogP contribution >= 0.6 is 0 Å². The second-order valence-electron chi connectivity index (χ2n) is 10.2. The molecule has 1 aromatic carbocycles. The lowest BCUT2D eigenvalue weighted by atomic mass is 9.91. The van der Waals surface area contributed by atoms with Crippen molar-refractivity contribution >= 4 is 27.5 Å². The fourth-order valence-corrected chi connectivity index (χ4v) is 6.83. The number of likely N-dealkylation sites (tertiary alicyclic amines) is 1. The van der Waals surface area contributed by atoms with Crippen LogP contribution in [-0.2, 0) is 26.6 Å². The molecule has 3 aliphatic rings. The highest BCUT2D eigenvalue weighted by Crippen LogP contribution is 2.36. The molecule has 3 aliphatic heterocycles. The number of piperidine rings is 1. The van der Waals surface area contributed by atoms with E-state index in [9.17, 15) is 22.4 Å². The molecule has 10 nitrogen and oxygen atoms in total. The molecule has 3 unspecified atom stereocenters. The Morgan fingerprint density at radius 3 is 2.78 bits per heavy atom. The van der Waals surface area contributed by atoms with Crippen LogP contribution in [0.5, 0.6) is 5.75 Å². The number of carbonyl (C=O) groups excluding carboxylic acids is 2. The van der Waals surface area contributed by atoms with Crippen molar-refractivity contribution in [2.24, 2.45) is 13.0 Å². The van der Waals surface area contributed by atoms with Crippen LogP contribution in [-0.4, -0.2) is 67.6 Å². The Kier molecular flexibility index (Phi) is 6.53. The zero-order valence-electron chi connectivity index (χ0n) is 21.0. The molecular weight excluding hydrogens is 503 g/mol. The van der Waals surface area contributed by atoms with Crippen molar-refractivity contribution in [1.82, 2.24) is 14.2 Å². The summed E-state index contributed by atoms with van der Waals surface area (Å²) in [5, 5.41) is 2.69. The van der Waals surface area contributed by atoms with Gasteiger partial charge in [-0.3, -0.25) is 9.59 Å². The van der Waals surface area contributed by atoms with Gasteiger partial charge in [-0.05, 0) is 56.9 Å². The highest BCUT2D eigenvalue weighted by Gasteiger charge is 2.45. The lowest BCUT2D eigenvalue weighted by Crippen LogP contribution is -2.59. The molecule has 200 valence electrons. The molecule has 2 aromatic rings. The molecule has 2 amide bonds. The smallest absolute Gasteiger partial charge is 0.276 e. The molecular formula is C25H31FN4O6S. The Hall–Kier alpha value is -2.96. The third-order valence-electron chi connectivity index (χ3n) is 7.49. The molecule has 0 radical (unpaired) electrons. The van der Waals surface area contributed by atoms with E-state index in [0.717, 1.165) is 6.42 Å². The summed E-state index contributed by atoms with van der Waals surface area (Å²) in [7, 11) is -2.51. The third kappa shape index (κ3) is 4.73. The minimum absolute atomic E-state index is 0.0323. The van der Waals surface area contributed by atoms with E-state index in [1.807, 2.05) is 0 Å². The number of amides is 2. The van der Waals surface area contributed by atoms with E-state index in [1.54, 1.807) is 25.8 Å². The van der Waals surface area contributed by atoms with E-state index in [1.165, 1.54) is 29.0 Å². The number of ether oxygens (including phenoxy) is 2. The third-order valence-corrected chi connectivity index (χ3v) is 8.97. The van der Waals surface area contributed by atoms with Gasteiger partial charge in [0.2, 0.25) is 10.0 Å². The van der Waals surface area contributed by atoms with Gasteiger partial charge in [-0.2, -0.15) is 0 Å². The van der Waals surface area contributed by atoms with Gasteiger partial charge in [-0.25, -0.2) is 17.5 Å². The molecule has 0 aliphatic carbocycles. The van der Waals surface area contributed by atoms with Crippen LogP contribution < -0.4 is 14.8 Å². The normalized spacial score (nSPS) is 26.9. The number of halogens is 1. The summed E-state index contributed by atoms with van der Waals surface area (Å²) in [6.07, 6.45) is 3.33. The topological polar surface area (TPSA) is 119 Å². The summed E-state index contributed by atoms with van der Waals surface area (Å²) in [6.45, 7) is 4.76. The Morgan fingerprint density at radius 2 is 2.08 bits per heavy atom. The van der Waals surface area contributed by atoms with Crippen molar-refractivity contribution in [1.29, 1.82) is 0 Å². The van der Waals surface area contributed by atoms with Gasteiger partial charge >= 0.3 is 0 Å². The summed E-state index contributed by atoms with van der Waals surface area (Å²) in [5.74, 6) is -1.32. The fraction of sp³-hybridized carbons (Fsp3) is 0.520. The van der Waals surface area contributed by atoms with Crippen LogP contribution in [0, 0.1) is 18.7 Å². The maximum Gasteiger partial charge on any atom is 0.276 e. The molecule has 2 N–H and O–H groups in total. The van der Waals surface area contributed by atoms with Crippen molar-refractivity contribution in [2.75, 3.05) is 31.6 Å². The Labute approximate surface area is 215 Å². The largest absolute Gasteiger partial charge is 0.489 e. The van der Waals surface area contributed by atoms with Crippen molar-refractivity contribution in [3.8, 4) is 5.75 Å². The van der Waals surface area contributed by atoms with Crippen LogP contribution in [0.1, 0.15) is 42.2 Å². The van der Waals surface area contributed by atoms with Crippen molar-refractivity contribution in [2.45, 2.75) is 49.6 Å². The molecule has 0 spiro atoms. The van der Waals surface area contributed by atoms with Crippen molar-refractivity contribution in [3.63, 3.8) is 0 Å². The molecule has 2 saturated heterocycles. The first-order valence-corrected chi connectivity index (χ1v) is 13.8. The van der Waals surface area contributed by atoms with Crippen LogP contribution in [0.4, 0.5) is 10.1 Å². The van der Waals surface area contributed by atoms with Crippen molar-refractivity contribution in [3.05, 3.63) is 41.5 Å². The predicted octanol–water partition coefficient (Wildman–Crippen LogP) is 2.18. The molecule has 2 fully saturated rings. The fourth-order valence-electron chi connectivity index (χ4n) is 5.34. The van der Waals surface area contributed by atoms with Crippen molar-refractivity contribution < 1.29 is 31.9 Å². The Balaban J connectivity index is 1.39. The summed E-state index contributed by atoms with van der Waals surface area (Å²) in [6, 6.07) is 3.64. The van der Waals surface area contributed by atoms with Gasteiger partial charge in [0.1, 0.15) is 16.3 Å². The minimum Gasteiger partial charge on any atom is -0.489 e. The quantitative estimate of drug-likeness (QED) is 0.623. The predicted molar refractivity (Wildman–Crippen MR) is 132 cm³/mol. The lowest BCUT2D eigenvalue weighted by Gasteiger charge is -2.41. The highest BCUT2D eigenvalue weighted by atomic mass is 32.2. The molecule has 12 heteroatoms. The lowest BCUT2D eigenvalue weighted by molar-refractivity contribution is -0.153. The maximum absolute atomic E-state index is 13.6.